The van der Waals surface area contributed by atoms with Gasteiger partial charge < -0.3 is 9.47 Å². The number of nitrogens with one attached hydrogen (secondary N) is 1. The molecule has 0 aliphatic heterocycles. The van der Waals surface area contributed by atoms with E-state index in [1.165, 1.54) is 6.21 Å². The van der Waals surface area contributed by atoms with Crippen molar-refractivity contribution in [3.05, 3.63) is 70.2 Å². The smallest absolute Gasteiger partial charge is 0.254 e. The van der Waals surface area contributed by atoms with Gasteiger partial charge in [0.15, 0.2) is 11.5 Å². The summed E-state index contributed by atoms with van der Waals surface area (Å²) in [7, 11) is 1.56. The SMILES string of the molecule is COc1cc(/C=N\NC(=O)CC#N)cc(Br)c1OCc1cccc2ccccc12. The van der Waals surface area contributed by atoms with Crippen LogP contribution in [-0.2, 0) is 11.4 Å². The van der Waals surface area contributed by atoms with Crippen LogP contribution in [0.1, 0.15) is 17.5 Å². The average Bonchev–Trinajstić information content (AvgIpc) is 2.73. The number of ether oxygens (including phenoxy) is 2. The van der Waals surface area contributed by atoms with Gasteiger partial charge in [-0.1, -0.05) is 42.5 Å². The molecule has 7 heteroatoms. The molecule has 0 fully saturated rings. The van der Waals surface area contributed by atoms with E-state index in [1.54, 1.807) is 25.3 Å². The van der Waals surface area contributed by atoms with Crippen LogP contribution in [0.15, 0.2) is 64.2 Å². The first kappa shape index (κ1) is 20.4. The molecule has 0 unspecified atom stereocenters. The summed E-state index contributed by atoms with van der Waals surface area (Å²) in [4.78, 5) is 11.3. The van der Waals surface area contributed by atoms with Crippen LogP contribution in [0.3, 0.4) is 0 Å². The Labute approximate surface area is 176 Å². The van der Waals surface area contributed by atoms with E-state index < -0.39 is 5.91 Å². The number of methoxy groups -OCH3 is 1. The predicted octanol–water partition coefficient (Wildman–Crippen LogP) is 4.55. The molecule has 0 atom stereocenters. The molecule has 3 rings (SSSR count). The lowest BCUT2D eigenvalue weighted by atomic mass is 10.1. The van der Waals surface area contributed by atoms with Crippen LogP contribution in [0.4, 0.5) is 0 Å². The van der Waals surface area contributed by atoms with Crippen LogP contribution in [0.2, 0.25) is 0 Å². The minimum absolute atomic E-state index is 0.245. The van der Waals surface area contributed by atoms with Gasteiger partial charge in [-0.15, -0.1) is 0 Å². The summed E-state index contributed by atoms with van der Waals surface area (Å²) < 4.78 is 12.2. The van der Waals surface area contributed by atoms with Crippen molar-refractivity contribution in [2.75, 3.05) is 7.11 Å². The molecule has 3 aromatic rings. The second kappa shape index (κ2) is 9.71. The highest BCUT2D eigenvalue weighted by molar-refractivity contribution is 9.10. The van der Waals surface area contributed by atoms with Crippen molar-refractivity contribution in [2.24, 2.45) is 5.10 Å². The van der Waals surface area contributed by atoms with E-state index in [9.17, 15) is 4.79 Å². The normalized spacial score (nSPS) is 10.7. The summed E-state index contributed by atoms with van der Waals surface area (Å²) in [5.74, 6) is 0.639. The van der Waals surface area contributed by atoms with Crippen LogP contribution < -0.4 is 14.9 Å². The number of nitriles is 1. The monoisotopic (exact) mass is 451 g/mol. The number of amides is 1. The van der Waals surface area contributed by atoms with Gasteiger partial charge in [0.2, 0.25) is 0 Å². The van der Waals surface area contributed by atoms with E-state index in [0.29, 0.717) is 28.1 Å². The molecule has 0 aliphatic rings. The molecule has 1 amide bonds. The molecule has 0 spiro atoms. The first-order valence-corrected chi connectivity index (χ1v) is 9.57. The summed E-state index contributed by atoms with van der Waals surface area (Å²) >= 11 is 3.51. The van der Waals surface area contributed by atoms with Gasteiger partial charge in [-0.3, -0.25) is 4.79 Å². The third-order valence-corrected chi connectivity index (χ3v) is 4.74. The predicted molar refractivity (Wildman–Crippen MR) is 115 cm³/mol. The van der Waals surface area contributed by atoms with Gasteiger partial charge in [0.05, 0.1) is 23.9 Å². The van der Waals surface area contributed by atoms with Crippen molar-refractivity contribution >= 4 is 38.8 Å². The fourth-order valence-corrected chi connectivity index (χ4v) is 3.39. The van der Waals surface area contributed by atoms with Crippen molar-refractivity contribution < 1.29 is 14.3 Å². The molecule has 6 nitrogen and oxygen atoms in total. The maximum atomic E-state index is 11.3. The molecule has 0 aromatic heterocycles. The Hall–Kier alpha value is -3.37. The average molecular weight is 452 g/mol. The second-order valence-electron chi connectivity index (χ2n) is 6.09. The van der Waals surface area contributed by atoms with Crippen LogP contribution in [0.5, 0.6) is 11.5 Å². The largest absolute Gasteiger partial charge is 0.493 e. The summed E-state index contributed by atoms with van der Waals surface area (Å²) in [6, 6.07) is 19.6. The highest BCUT2D eigenvalue weighted by atomic mass is 79.9. The molecular formula is C22H18BrN3O3. The molecule has 0 saturated carbocycles. The first-order chi connectivity index (χ1) is 14.1. The fourth-order valence-electron chi connectivity index (χ4n) is 2.81. The van der Waals surface area contributed by atoms with E-state index >= 15 is 0 Å². The summed E-state index contributed by atoms with van der Waals surface area (Å²) in [5, 5.41) is 14.6. The molecule has 0 saturated heterocycles. The van der Waals surface area contributed by atoms with Crippen LogP contribution in [-0.4, -0.2) is 19.2 Å². The topological polar surface area (TPSA) is 83.7 Å². The molecule has 0 radical (unpaired) electrons. The van der Waals surface area contributed by atoms with Crippen molar-refractivity contribution in [3.8, 4) is 17.6 Å². The number of halogens is 1. The van der Waals surface area contributed by atoms with E-state index in [0.717, 1.165) is 16.3 Å². The number of carbonyl (C=O) groups excluding carboxylic acids is 1. The number of hydrazone groups is 1. The van der Waals surface area contributed by atoms with Crippen LogP contribution >= 0.6 is 15.9 Å². The Bertz CT molecular complexity index is 1100. The Morgan fingerprint density at radius 3 is 2.83 bits per heavy atom. The number of rotatable bonds is 7. The lowest BCUT2D eigenvalue weighted by Gasteiger charge is -2.14. The van der Waals surface area contributed by atoms with Gasteiger partial charge in [0.25, 0.3) is 5.91 Å². The fraction of sp³-hybridized carbons (Fsp3) is 0.136. The third kappa shape index (κ3) is 5.12. The highest BCUT2D eigenvalue weighted by Gasteiger charge is 2.12. The zero-order valence-electron chi connectivity index (χ0n) is 15.7. The number of fused-ring (bicyclic) bond motifs is 1. The van der Waals surface area contributed by atoms with E-state index in [-0.39, 0.29) is 6.42 Å². The molecule has 0 heterocycles. The molecule has 3 aromatic carbocycles. The van der Waals surface area contributed by atoms with Gasteiger partial charge in [-0.05, 0) is 50.0 Å². The molecular weight excluding hydrogens is 434 g/mol. The van der Waals surface area contributed by atoms with E-state index in [1.807, 2.05) is 24.3 Å². The van der Waals surface area contributed by atoms with Gasteiger partial charge in [-0.25, -0.2) is 5.43 Å². The van der Waals surface area contributed by atoms with Crippen LogP contribution in [0.25, 0.3) is 10.8 Å². The zero-order chi connectivity index (χ0) is 20.6. The minimum atomic E-state index is -0.468. The Morgan fingerprint density at radius 1 is 1.24 bits per heavy atom. The Kier molecular flexibility index (Phi) is 6.82. The third-order valence-electron chi connectivity index (χ3n) is 4.15. The van der Waals surface area contributed by atoms with Crippen molar-refractivity contribution in [3.63, 3.8) is 0 Å². The number of hydrogen-bond donors (Lipinski definition) is 1. The van der Waals surface area contributed by atoms with Gasteiger partial charge in [0, 0.05) is 0 Å². The second-order valence-corrected chi connectivity index (χ2v) is 6.94. The molecule has 1 N–H and O–H groups in total. The molecule has 0 aliphatic carbocycles. The van der Waals surface area contributed by atoms with Crippen molar-refractivity contribution in [2.45, 2.75) is 13.0 Å². The maximum absolute atomic E-state index is 11.3. The number of hydrogen-bond acceptors (Lipinski definition) is 5. The minimum Gasteiger partial charge on any atom is -0.493 e. The highest BCUT2D eigenvalue weighted by Crippen LogP contribution is 2.37. The van der Waals surface area contributed by atoms with Crippen LogP contribution in [0, 0.1) is 11.3 Å². The first-order valence-electron chi connectivity index (χ1n) is 8.78. The van der Waals surface area contributed by atoms with Crippen molar-refractivity contribution in [1.82, 2.24) is 5.43 Å². The standard InChI is InChI=1S/C22H18BrN3O3/c1-28-20-12-15(13-25-26-21(27)9-10-24)11-19(23)22(20)29-14-17-7-4-6-16-5-2-3-8-18(16)17/h2-8,11-13H,9,14H2,1H3,(H,26,27)/b25-13-. The van der Waals surface area contributed by atoms with Crippen molar-refractivity contribution in [1.29, 1.82) is 5.26 Å². The maximum Gasteiger partial charge on any atom is 0.254 e. The lowest BCUT2D eigenvalue weighted by Crippen LogP contribution is -2.16. The Balaban J connectivity index is 1.78. The lowest BCUT2D eigenvalue weighted by molar-refractivity contribution is -0.120. The van der Waals surface area contributed by atoms with Gasteiger partial charge >= 0.3 is 0 Å². The quantitative estimate of drug-likeness (QED) is 0.421. The summed E-state index contributed by atoms with van der Waals surface area (Å²) in [6.07, 6.45) is 1.22. The number of nitrogens with zero attached hydrogens (tertiary/aromatic N) is 2. The van der Waals surface area contributed by atoms with E-state index in [2.05, 4.69) is 44.7 Å². The molecule has 146 valence electrons. The summed E-state index contributed by atoms with van der Waals surface area (Å²) in [5.41, 5.74) is 4.06. The molecule has 29 heavy (non-hydrogen) atoms. The molecule has 0 bridgehead atoms. The zero-order valence-corrected chi connectivity index (χ0v) is 17.3. The number of carbonyl (C=O) groups is 1. The van der Waals surface area contributed by atoms with Gasteiger partial charge in [-0.2, -0.15) is 10.4 Å². The Morgan fingerprint density at radius 2 is 2.03 bits per heavy atom. The van der Waals surface area contributed by atoms with E-state index in [4.69, 9.17) is 14.7 Å². The van der Waals surface area contributed by atoms with Gasteiger partial charge in [0.1, 0.15) is 13.0 Å². The number of benzene rings is 3. The summed E-state index contributed by atoms with van der Waals surface area (Å²) in [6.45, 7) is 0.383.